The van der Waals surface area contributed by atoms with E-state index in [0.29, 0.717) is 30.5 Å². The normalized spacial score (nSPS) is 17.4. The van der Waals surface area contributed by atoms with E-state index in [1.165, 1.54) is 24.1 Å². The van der Waals surface area contributed by atoms with Crippen LogP contribution >= 0.6 is 0 Å². The van der Waals surface area contributed by atoms with Gasteiger partial charge in [-0.25, -0.2) is 22.5 Å². The number of nitrogens with zero attached hydrogens (tertiary/aromatic N) is 4. The first kappa shape index (κ1) is 24.8. The average Bonchev–Trinajstić information content (AvgIpc) is 3.30. The zero-order valence-corrected chi connectivity index (χ0v) is 20.4. The van der Waals surface area contributed by atoms with E-state index in [2.05, 4.69) is 10.2 Å². The Bertz CT molecular complexity index is 1450. The van der Waals surface area contributed by atoms with Gasteiger partial charge >= 0.3 is 0 Å². The maximum absolute atomic E-state index is 15.3. The minimum Gasteiger partial charge on any atom is -0.491 e. The predicted molar refractivity (Wildman–Crippen MR) is 134 cm³/mol. The van der Waals surface area contributed by atoms with E-state index >= 15 is 4.39 Å². The molecule has 0 saturated heterocycles. The van der Waals surface area contributed by atoms with Crippen LogP contribution < -0.4 is 10.2 Å². The lowest BCUT2D eigenvalue weighted by molar-refractivity contribution is -0.0249. The number of rotatable bonds is 6. The number of hydrogen-bond donors (Lipinski definition) is 0. The van der Waals surface area contributed by atoms with Crippen LogP contribution in [0, 0.1) is 11.7 Å². The van der Waals surface area contributed by atoms with Crippen LogP contribution in [0.2, 0.25) is 0 Å². The molecule has 1 aliphatic carbocycles. The van der Waals surface area contributed by atoms with Crippen molar-refractivity contribution in [2.45, 2.75) is 44.4 Å². The Balaban J connectivity index is 1.50. The van der Waals surface area contributed by atoms with Crippen LogP contribution in [-0.4, -0.2) is 32.6 Å². The zero-order chi connectivity index (χ0) is 26.0. The molecule has 0 radical (unpaired) electrons. The third-order valence-electron chi connectivity index (χ3n) is 6.77. The molecule has 2 heterocycles. The first-order valence-corrected chi connectivity index (χ1v) is 12.3. The van der Waals surface area contributed by atoms with Crippen molar-refractivity contribution in [3.05, 3.63) is 88.6 Å². The van der Waals surface area contributed by atoms with Crippen LogP contribution in [0.15, 0.2) is 71.8 Å². The molecule has 2 aromatic carbocycles. The highest BCUT2D eigenvalue weighted by Crippen LogP contribution is 2.36. The number of alkyl halides is 2. The van der Waals surface area contributed by atoms with Gasteiger partial charge < -0.3 is 4.74 Å². The molecule has 4 aromatic rings. The Labute approximate surface area is 212 Å². The van der Waals surface area contributed by atoms with Crippen molar-refractivity contribution in [3.63, 3.8) is 0 Å². The first-order valence-electron chi connectivity index (χ1n) is 12.3. The molecule has 1 atom stereocenters. The molecule has 1 saturated carbocycles. The highest BCUT2D eigenvalue weighted by molar-refractivity contribution is 5.59. The fourth-order valence-electron chi connectivity index (χ4n) is 4.98. The second-order valence-corrected chi connectivity index (χ2v) is 9.45. The molecule has 0 spiro atoms. The molecular weight excluding hydrogens is 481 g/mol. The fourth-order valence-corrected chi connectivity index (χ4v) is 4.98. The van der Waals surface area contributed by atoms with Gasteiger partial charge in [-0.1, -0.05) is 30.7 Å². The summed E-state index contributed by atoms with van der Waals surface area (Å²) >= 11 is 0. The number of hydrogen-bond acceptors (Lipinski definition) is 4. The third-order valence-corrected chi connectivity index (χ3v) is 6.77. The Morgan fingerprint density at radius 2 is 1.92 bits per heavy atom. The number of aromatic nitrogens is 4. The van der Waals surface area contributed by atoms with Crippen molar-refractivity contribution < 1.29 is 17.9 Å². The predicted octanol–water partition coefficient (Wildman–Crippen LogP) is 5.99. The second kappa shape index (κ2) is 10.2. The molecule has 2 aromatic heterocycles. The quantitative estimate of drug-likeness (QED) is 0.300. The largest absolute Gasteiger partial charge is 0.491 e. The van der Waals surface area contributed by atoms with E-state index in [4.69, 9.17) is 4.74 Å². The minimum absolute atomic E-state index is 0.00465. The molecular formula is C28H27F3N4O2. The molecule has 0 bridgehead atoms. The van der Waals surface area contributed by atoms with Crippen molar-refractivity contribution in [1.82, 2.24) is 19.6 Å². The van der Waals surface area contributed by atoms with Crippen LogP contribution in [0.4, 0.5) is 13.2 Å². The topological polar surface area (TPSA) is 61.9 Å². The van der Waals surface area contributed by atoms with Crippen molar-refractivity contribution in [2.24, 2.45) is 5.92 Å². The van der Waals surface area contributed by atoms with E-state index in [-0.39, 0.29) is 35.9 Å². The van der Waals surface area contributed by atoms with Gasteiger partial charge in [0.05, 0.1) is 30.9 Å². The number of methoxy groups -OCH3 is 1. The first-order chi connectivity index (χ1) is 17.8. The molecule has 37 heavy (non-hydrogen) atoms. The van der Waals surface area contributed by atoms with E-state index in [9.17, 15) is 13.6 Å². The van der Waals surface area contributed by atoms with Gasteiger partial charge in [-0.2, -0.15) is 10.2 Å². The molecule has 1 fully saturated rings. The van der Waals surface area contributed by atoms with Crippen molar-refractivity contribution in [3.8, 4) is 28.5 Å². The van der Waals surface area contributed by atoms with Gasteiger partial charge in [0.1, 0.15) is 11.5 Å². The Hall–Kier alpha value is -3.88. The minimum atomic E-state index is -2.67. The lowest BCUT2D eigenvalue weighted by atomic mass is 9.91. The maximum Gasteiger partial charge on any atom is 0.251 e. The van der Waals surface area contributed by atoms with Crippen LogP contribution in [0.25, 0.3) is 22.8 Å². The van der Waals surface area contributed by atoms with Crippen molar-refractivity contribution in [1.29, 1.82) is 0 Å². The summed E-state index contributed by atoms with van der Waals surface area (Å²) in [6.07, 6.45) is 4.99. The van der Waals surface area contributed by atoms with Gasteiger partial charge in [0.15, 0.2) is 11.4 Å². The monoisotopic (exact) mass is 508 g/mol. The molecule has 0 N–H and O–H groups in total. The smallest absolute Gasteiger partial charge is 0.251 e. The summed E-state index contributed by atoms with van der Waals surface area (Å²) in [6, 6.07) is 15.6. The number of halogens is 3. The summed E-state index contributed by atoms with van der Waals surface area (Å²) in [4.78, 5) is 13.1. The van der Waals surface area contributed by atoms with Crippen LogP contribution in [0.3, 0.4) is 0 Å². The van der Waals surface area contributed by atoms with Gasteiger partial charge in [0.2, 0.25) is 5.92 Å². The van der Waals surface area contributed by atoms with E-state index in [0.717, 1.165) is 12.1 Å². The average molecular weight is 509 g/mol. The van der Waals surface area contributed by atoms with Crippen molar-refractivity contribution in [2.75, 3.05) is 7.11 Å². The highest BCUT2D eigenvalue weighted by Gasteiger charge is 2.34. The molecule has 5 rings (SSSR count). The van der Waals surface area contributed by atoms with Gasteiger partial charge in [-0.15, -0.1) is 0 Å². The number of para-hydroxylation sites is 1. The molecule has 9 heteroatoms. The summed E-state index contributed by atoms with van der Waals surface area (Å²) in [5, 5.41) is 8.77. The SMILES string of the molecule is COc1cn(-c2ccc(CC3CCCCC(F)(F)C3)cc2F)nc(-c2ccnn2-c2ccccc2)c1=O. The molecule has 0 aliphatic heterocycles. The molecule has 6 nitrogen and oxygen atoms in total. The number of ether oxygens (including phenoxy) is 1. The Morgan fingerprint density at radius 3 is 2.68 bits per heavy atom. The third kappa shape index (κ3) is 5.30. The summed E-state index contributed by atoms with van der Waals surface area (Å²) in [5.41, 5.74) is 1.51. The number of benzene rings is 2. The maximum atomic E-state index is 15.3. The van der Waals surface area contributed by atoms with Crippen molar-refractivity contribution >= 4 is 0 Å². The van der Waals surface area contributed by atoms with Gasteiger partial charge in [-0.05, 0) is 61.1 Å². The summed E-state index contributed by atoms with van der Waals surface area (Å²) in [7, 11) is 1.36. The van der Waals surface area contributed by atoms with E-state index < -0.39 is 17.2 Å². The summed E-state index contributed by atoms with van der Waals surface area (Å²) in [6.45, 7) is 0. The summed E-state index contributed by atoms with van der Waals surface area (Å²) in [5.74, 6) is -3.44. The Morgan fingerprint density at radius 1 is 1.11 bits per heavy atom. The van der Waals surface area contributed by atoms with Crippen LogP contribution in [0.5, 0.6) is 5.75 Å². The lowest BCUT2D eigenvalue weighted by Gasteiger charge is -2.20. The molecule has 1 aliphatic rings. The fraction of sp³-hybridized carbons (Fsp3) is 0.321. The molecule has 1 unspecified atom stereocenters. The summed E-state index contributed by atoms with van der Waals surface area (Å²) < 4.78 is 51.6. The van der Waals surface area contributed by atoms with Gasteiger partial charge in [0.25, 0.3) is 5.43 Å². The van der Waals surface area contributed by atoms with Crippen LogP contribution in [0.1, 0.15) is 37.7 Å². The van der Waals surface area contributed by atoms with E-state index in [1.807, 2.05) is 30.3 Å². The lowest BCUT2D eigenvalue weighted by Crippen LogP contribution is -2.20. The second-order valence-electron chi connectivity index (χ2n) is 9.45. The molecule has 0 amide bonds. The van der Waals surface area contributed by atoms with Crippen LogP contribution in [-0.2, 0) is 6.42 Å². The van der Waals surface area contributed by atoms with Gasteiger partial charge in [0, 0.05) is 12.8 Å². The van der Waals surface area contributed by atoms with Gasteiger partial charge in [-0.3, -0.25) is 4.79 Å². The highest BCUT2D eigenvalue weighted by atomic mass is 19.3. The Kier molecular flexibility index (Phi) is 6.86. The van der Waals surface area contributed by atoms with E-state index in [1.54, 1.807) is 29.1 Å². The zero-order valence-electron chi connectivity index (χ0n) is 20.4. The standard InChI is InChI=1S/C28H27F3N4O2/c1-37-25-18-34(33-26(27(25)36)24-12-14-32-35(24)21-8-3-2-4-9-21)23-11-10-19(16-22(23)29)15-20-7-5-6-13-28(30,31)17-20/h2-4,8-12,14,16,18,20H,5-7,13,15,17H2,1H3. The molecule has 192 valence electrons.